The minimum absolute atomic E-state index is 0.364. The van der Waals surface area contributed by atoms with E-state index in [0.29, 0.717) is 17.7 Å². The summed E-state index contributed by atoms with van der Waals surface area (Å²) in [5, 5.41) is 9.08. The fourth-order valence-corrected chi connectivity index (χ4v) is 2.07. The molecule has 0 aliphatic carbocycles. The maximum Gasteiger partial charge on any atom is 0.331 e. The fraction of sp³-hybridized carbons (Fsp3) is 0.250. The molecular weight excluding hydrogens is 268 g/mol. The van der Waals surface area contributed by atoms with E-state index in [0.717, 1.165) is 16.9 Å². The Morgan fingerprint density at radius 1 is 1.48 bits per heavy atom. The molecule has 0 aliphatic heterocycles. The zero-order valence-corrected chi connectivity index (χ0v) is 12.3. The van der Waals surface area contributed by atoms with E-state index in [1.165, 1.54) is 0 Å². The quantitative estimate of drug-likeness (QED) is 0.858. The number of carboxylic acids is 1. The third kappa shape index (κ3) is 3.31. The summed E-state index contributed by atoms with van der Waals surface area (Å²) in [6.45, 7) is 3.74. The van der Waals surface area contributed by atoms with Crippen molar-refractivity contribution in [3.63, 3.8) is 0 Å². The molecule has 21 heavy (non-hydrogen) atoms. The minimum atomic E-state index is -0.897. The number of benzene rings is 1. The fourth-order valence-electron chi connectivity index (χ4n) is 2.07. The topological polar surface area (TPSA) is 64.4 Å². The lowest BCUT2D eigenvalue weighted by Crippen LogP contribution is -1.99. The highest BCUT2D eigenvalue weighted by molar-refractivity contribution is 5.92. The highest BCUT2D eigenvalue weighted by Gasteiger charge is 2.09. The number of hydrogen-bond donors (Lipinski definition) is 1. The van der Waals surface area contributed by atoms with Crippen LogP contribution >= 0.6 is 0 Å². The molecule has 2 aromatic rings. The van der Waals surface area contributed by atoms with Crippen molar-refractivity contribution in [2.75, 3.05) is 7.11 Å². The van der Waals surface area contributed by atoms with Crippen molar-refractivity contribution in [3.8, 4) is 11.4 Å². The molecular formula is C16H18N2O3. The van der Waals surface area contributed by atoms with Gasteiger partial charge in [-0.2, -0.15) is 0 Å². The van der Waals surface area contributed by atoms with Crippen LogP contribution in [0.5, 0.6) is 5.75 Å². The van der Waals surface area contributed by atoms with E-state index in [9.17, 15) is 4.79 Å². The Morgan fingerprint density at radius 2 is 2.24 bits per heavy atom. The maximum absolute atomic E-state index is 11.1. The second-order valence-electron chi connectivity index (χ2n) is 4.68. The van der Waals surface area contributed by atoms with E-state index in [4.69, 9.17) is 9.84 Å². The number of imidazole rings is 1. The van der Waals surface area contributed by atoms with Crippen LogP contribution in [0.15, 0.2) is 36.3 Å². The molecule has 0 saturated carbocycles. The van der Waals surface area contributed by atoms with Gasteiger partial charge >= 0.3 is 5.97 Å². The lowest BCUT2D eigenvalue weighted by atomic mass is 10.1. The average molecular weight is 286 g/mol. The minimum Gasteiger partial charge on any atom is -0.495 e. The van der Waals surface area contributed by atoms with Crippen molar-refractivity contribution in [2.45, 2.75) is 20.3 Å². The van der Waals surface area contributed by atoms with Crippen LogP contribution in [0.2, 0.25) is 0 Å². The van der Waals surface area contributed by atoms with Gasteiger partial charge in [-0.3, -0.25) is 0 Å². The number of nitrogens with zero attached hydrogens (tertiary/aromatic N) is 2. The summed E-state index contributed by atoms with van der Waals surface area (Å²) >= 11 is 0. The predicted molar refractivity (Wildman–Crippen MR) is 80.8 cm³/mol. The molecule has 5 nitrogen and oxygen atoms in total. The Bertz CT molecular complexity index is 687. The Kier molecular flexibility index (Phi) is 4.42. The third-order valence-corrected chi connectivity index (χ3v) is 3.19. The van der Waals surface area contributed by atoms with Crippen molar-refractivity contribution >= 4 is 12.0 Å². The summed E-state index contributed by atoms with van der Waals surface area (Å²) in [6, 6.07) is 5.58. The van der Waals surface area contributed by atoms with Crippen molar-refractivity contribution in [1.29, 1.82) is 0 Å². The van der Waals surface area contributed by atoms with Crippen LogP contribution in [0.3, 0.4) is 0 Å². The third-order valence-electron chi connectivity index (χ3n) is 3.19. The summed E-state index contributed by atoms with van der Waals surface area (Å²) in [6.07, 6.45) is 5.76. The van der Waals surface area contributed by atoms with Crippen molar-refractivity contribution in [2.24, 2.45) is 0 Å². The smallest absolute Gasteiger partial charge is 0.331 e. The van der Waals surface area contributed by atoms with E-state index in [-0.39, 0.29) is 0 Å². The van der Waals surface area contributed by atoms with Crippen LogP contribution in [0, 0.1) is 6.92 Å². The summed E-state index contributed by atoms with van der Waals surface area (Å²) in [4.78, 5) is 15.3. The van der Waals surface area contributed by atoms with Crippen LogP contribution in [-0.4, -0.2) is 27.7 Å². The van der Waals surface area contributed by atoms with Gasteiger partial charge in [-0.15, -0.1) is 0 Å². The SMILES string of the molecule is CC/C(=C/c1ccc(-n2cnc(C)c2)c(OC)c1)C(=O)O. The summed E-state index contributed by atoms with van der Waals surface area (Å²) in [5.41, 5.74) is 2.94. The van der Waals surface area contributed by atoms with Crippen molar-refractivity contribution < 1.29 is 14.6 Å². The highest BCUT2D eigenvalue weighted by atomic mass is 16.5. The molecule has 2 rings (SSSR count). The number of aryl methyl sites for hydroxylation is 1. The molecule has 0 atom stereocenters. The first-order valence-electron chi connectivity index (χ1n) is 6.68. The molecule has 0 fully saturated rings. The Labute approximate surface area is 123 Å². The number of carbonyl (C=O) groups is 1. The van der Waals surface area contributed by atoms with E-state index < -0.39 is 5.97 Å². The number of aromatic nitrogens is 2. The Balaban J connectivity index is 2.43. The number of rotatable bonds is 5. The van der Waals surface area contributed by atoms with Gasteiger partial charge in [0.15, 0.2) is 0 Å². The van der Waals surface area contributed by atoms with Crippen molar-refractivity contribution in [3.05, 3.63) is 47.6 Å². The zero-order valence-electron chi connectivity index (χ0n) is 12.3. The molecule has 0 aliphatic rings. The van der Waals surface area contributed by atoms with E-state index in [1.807, 2.05) is 42.8 Å². The van der Waals surface area contributed by atoms with Crippen LogP contribution < -0.4 is 4.74 Å². The summed E-state index contributed by atoms with van der Waals surface area (Å²) in [5.74, 6) is -0.229. The predicted octanol–water partition coefficient (Wildman–Crippen LogP) is 3.07. The van der Waals surface area contributed by atoms with Gasteiger partial charge < -0.3 is 14.4 Å². The van der Waals surface area contributed by atoms with Crippen molar-refractivity contribution in [1.82, 2.24) is 9.55 Å². The molecule has 5 heteroatoms. The van der Waals surface area contributed by atoms with Crippen LogP contribution in [0.4, 0.5) is 0 Å². The van der Waals surface area contributed by atoms with Gasteiger partial charge in [-0.25, -0.2) is 9.78 Å². The number of methoxy groups -OCH3 is 1. The first-order chi connectivity index (χ1) is 10.0. The molecule has 0 unspecified atom stereocenters. The molecule has 110 valence electrons. The molecule has 1 aromatic heterocycles. The summed E-state index contributed by atoms with van der Waals surface area (Å²) in [7, 11) is 1.59. The number of aliphatic carboxylic acids is 1. The molecule has 1 N–H and O–H groups in total. The molecule has 0 amide bonds. The summed E-state index contributed by atoms with van der Waals surface area (Å²) < 4.78 is 7.27. The first kappa shape index (κ1) is 14.8. The maximum atomic E-state index is 11.1. The largest absolute Gasteiger partial charge is 0.495 e. The standard InChI is InChI=1S/C16H18N2O3/c1-4-13(16(19)20)7-12-5-6-14(15(8-12)21-3)18-9-11(2)17-10-18/h5-10H,4H2,1-3H3,(H,19,20)/b13-7-. The first-order valence-corrected chi connectivity index (χ1v) is 6.68. The molecule has 0 saturated heterocycles. The number of carboxylic acid groups (broad SMARTS) is 1. The number of ether oxygens (including phenoxy) is 1. The number of hydrogen-bond acceptors (Lipinski definition) is 3. The Morgan fingerprint density at radius 3 is 2.76 bits per heavy atom. The molecule has 1 heterocycles. The second kappa shape index (κ2) is 6.26. The zero-order chi connectivity index (χ0) is 15.4. The lowest BCUT2D eigenvalue weighted by molar-refractivity contribution is -0.132. The molecule has 1 aromatic carbocycles. The van der Waals surface area contributed by atoms with Crippen LogP contribution in [-0.2, 0) is 4.79 Å². The van der Waals surface area contributed by atoms with Gasteiger partial charge in [0, 0.05) is 11.8 Å². The second-order valence-corrected chi connectivity index (χ2v) is 4.68. The van der Waals surface area contributed by atoms with Gasteiger partial charge in [0.2, 0.25) is 0 Å². The van der Waals surface area contributed by atoms with Crippen LogP contribution in [0.1, 0.15) is 24.6 Å². The van der Waals surface area contributed by atoms with Gasteiger partial charge in [0.25, 0.3) is 0 Å². The average Bonchev–Trinajstić information content (AvgIpc) is 2.90. The monoisotopic (exact) mass is 286 g/mol. The molecule has 0 spiro atoms. The molecule has 0 bridgehead atoms. The van der Waals surface area contributed by atoms with Gasteiger partial charge in [-0.05, 0) is 37.1 Å². The highest BCUT2D eigenvalue weighted by Crippen LogP contribution is 2.25. The van der Waals surface area contributed by atoms with E-state index in [2.05, 4.69) is 4.98 Å². The van der Waals surface area contributed by atoms with E-state index >= 15 is 0 Å². The van der Waals surface area contributed by atoms with Gasteiger partial charge in [0.05, 0.1) is 24.8 Å². The Hall–Kier alpha value is -2.56. The van der Waals surface area contributed by atoms with Gasteiger partial charge in [-0.1, -0.05) is 13.0 Å². The molecule has 0 radical (unpaired) electrons. The van der Waals surface area contributed by atoms with E-state index in [1.54, 1.807) is 19.5 Å². The van der Waals surface area contributed by atoms with Crippen LogP contribution in [0.25, 0.3) is 11.8 Å². The normalized spacial score (nSPS) is 11.5. The lowest BCUT2D eigenvalue weighted by Gasteiger charge is -2.10. The van der Waals surface area contributed by atoms with Gasteiger partial charge in [0.1, 0.15) is 5.75 Å².